The molecule has 35 heavy (non-hydrogen) atoms. The average molecular weight is 469 g/mol. The zero-order chi connectivity index (χ0) is 24.4. The highest BCUT2D eigenvalue weighted by molar-refractivity contribution is 6.18. The maximum absolute atomic E-state index is 13.6. The maximum atomic E-state index is 13.6. The number of aromatic nitrogens is 3. The van der Waals surface area contributed by atoms with Gasteiger partial charge in [-0.15, -0.1) is 0 Å². The van der Waals surface area contributed by atoms with E-state index < -0.39 is 0 Å². The third kappa shape index (κ3) is 4.73. The number of anilines is 2. The highest BCUT2D eigenvalue weighted by Gasteiger charge is 2.25. The van der Waals surface area contributed by atoms with E-state index >= 15 is 0 Å². The highest BCUT2D eigenvalue weighted by atomic mass is 16.2. The van der Waals surface area contributed by atoms with Crippen molar-refractivity contribution in [1.82, 2.24) is 19.9 Å². The fourth-order valence-corrected chi connectivity index (χ4v) is 4.70. The number of amides is 2. The van der Waals surface area contributed by atoms with E-state index in [1.54, 1.807) is 24.3 Å². The van der Waals surface area contributed by atoms with Gasteiger partial charge in [-0.2, -0.15) is 0 Å². The van der Waals surface area contributed by atoms with Gasteiger partial charge < -0.3 is 20.9 Å². The Balaban J connectivity index is 1.36. The molecule has 4 aromatic rings. The van der Waals surface area contributed by atoms with Crippen LogP contribution in [0.5, 0.6) is 0 Å². The van der Waals surface area contributed by atoms with Crippen molar-refractivity contribution in [3.63, 3.8) is 0 Å². The molecule has 0 aliphatic heterocycles. The molecule has 0 radical (unpaired) electrons. The second kappa shape index (κ2) is 9.58. The lowest BCUT2D eigenvalue weighted by molar-refractivity contribution is 0.104. The molecule has 0 atom stereocenters. The van der Waals surface area contributed by atoms with Gasteiger partial charge in [0.1, 0.15) is 17.8 Å². The first kappa shape index (κ1) is 22.6. The van der Waals surface area contributed by atoms with Crippen LogP contribution in [-0.4, -0.2) is 26.3 Å². The third-order valence-electron chi connectivity index (χ3n) is 6.56. The van der Waals surface area contributed by atoms with Crippen molar-refractivity contribution in [2.24, 2.45) is 0 Å². The second-order valence-corrected chi connectivity index (χ2v) is 9.05. The van der Waals surface area contributed by atoms with E-state index in [-0.39, 0.29) is 11.8 Å². The normalized spacial score (nSPS) is 13.7. The zero-order valence-electron chi connectivity index (χ0n) is 19.6. The Morgan fingerprint density at radius 1 is 1.09 bits per heavy atom. The minimum absolute atomic E-state index is 0.183. The number of urea groups is 1. The number of benzene rings is 2. The molecule has 2 amide bonds. The van der Waals surface area contributed by atoms with Crippen LogP contribution in [0.2, 0.25) is 0 Å². The first-order valence-electron chi connectivity index (χ1n) is 11.9. The molecule has 0 saturated heterocycles. The maximum Gasteiger partial charge on any atom is 0.319 e. The van der Waals surface area contributed by atoms with Crippen molar-refractivity contribution in [3.8, 4) is 0 Å². The molecule has 8 heteroatoms. The lowest BCUT2D eigenvalue weighted by Crippen LogP contribution is -2.28. The molecule has 5 rings (SSSR count). The predicted octanol–water partition coefficient (Wildman–Crippen LogP) is 4.99. The Morgan fingerprint density at radius 2 is 1.86 bits per heavy atom. The quantitative estimate of drug-likeness (QED) is 0.345. The van der Waals surface area contributed by atoms with Gasteiger partial charge in [-0.3, -0.25) is 4.79 Å². The van der Waals surface area contributed by atoms with E-state index in [1.165, 1.54) is 11.9 Å². The molecule has 4 N–H and O–H groups in total. The lowest BCUT2D eigenvalue weighted by Gasteiger charge is -2.12. The van der Waals surface area contributed by atoms with Crippen molar-refractivity contribution in [3.05, 3.63) is 83.3 Å². The first-order valence-corrected chi connectivity index (χ1v) is 11.9. The highest BCUT2D eigenvalue weighted by Crippen LogP contribution is 2.35. The number of rotatable bonds is 6. The lowest BCUT2D eigenvalue weighted by atomic mass is 10.0. The summed E-state index contributed by atoms with van der Waals surface area (Å²) in [5, 5.41) is 6.24. The van der Waals surface area contributed by atoms with Crippen LogP contribution in [0.3, 0.4) is 0 Å². The van der Waals surface area contributed by atoms with Crippen LogP contribution in [0, 0.1) is 6.92 Å². The summed E-state index contributed by atoms with van der Waals surface area (Å²) in [6.07, 6.45) is 7.73. The van der Waals surface area contributed by atoms with Gasteiger partial charge >= 0.3 is 6.03 Å². The summed E-state index contributed by atoms with van der Waals surface area (Å²) < 4.78 is 2.08. The molecule has 2 aromatic heterocycles. The first-order chi connectivity index (χ1) is 17.0. The van der Waals surface area contributed by atoms with Crippen molar-refractivity contribution < 1.29 is 9.59 Å². The molecule has 1 saturated carbocycles. The molecular weight excluding hydrogens is 440 g/mol. The number of hydrogen-bond acceptors (Lipinski definition) is 5. The fourth-order valence-electron chi connectivity index (χ4n) is 4.70. The van der Waals surface area contributed by atoms with E-state index in [9.17, 15) is 9.59 Å². The zero-order valence-corrected chi connectivity index (χ0v) is 19.6. The standard InChI is InChI=1S/C27H28N6O2/c1-17-9-11-18(12-10-17)14-29-27(35)32-20-6-4-5-19(13-20)24(34)22-15-33(21-7-2-3-8-21)26-23(22)25(28)30-16-31-26/h4-6,9-13,15-16,21H,2-3,7-8,14H2,1H3,(H2,28,30,31)(H2,29,32,35). The number of carbonyl (C=O) groups excluding carboxylic acids is 2. The monoisotopic (exact) mass is 468 g/mol. The summed E-state index contributed by atoms with van der Waals surface area (Å²) in [4.78, 5) is 34.6. The van der Waals surface area contributed by atoms with Gasteiger partial charge in [0, 0.05) is 30.0 Å². The molecule has 1 aliphatic carbocycles. The van der Waals surface area contributed by atoms with Gasteiger partial charge in [0.25, 0.3) is 0 Å². The molecular formula is C27H28N6O2. The molecule has 0 bridgehead atoms. The summed E-state index contributed by atoms with van der Waals surface area (Å²) in [5.74, 6) is 0.108. The molecule has 178 valence electrons. The molecule has 2 heterocycles. The van der Waals surface area contributed by atoms with Crippen LogP contribution in [0.25, 0.3) is 11.0 Å². The number of nitrogens with one attached hydrogen (secondary N) is 2. The van der Waals surface area contributed by atoms with Crippen LogP contribution in [0.1, 0.15) is 58.8 Å². The number of fused-ring (bicyclic) bond motifs is 1. The van der Waals surface area contributed by atoms with E-state index in [4.69, 9.17) is 5.73 Å². The van der Waals surface area contributed by atoms with Crippen LogP contribution in [-0.2, 0) is 6.54 Å². The predicted molar refractivity (Wildman–Crippen MR) is 136 cm³/mol. The molecule has 8 nitrogen and oxygen atoms in total. The van der Waals surface area contributed by atoms with E-state index in [1.807, 2.05) is 37.4 Å². The van der Waals surface area contributed by atoms with Gasteiger partial charge in [-0.1, -0.05) is 54.8 Å². The Morgan fingerprint density at radius 3 is 2.63 bits per heavy atom. The number of nitrogen functional groups attached to an aromatic ring is 1. The summed E-state index contributed by atoms with van der Waals surface area (Å²) in [5.41, 5.74) is 10.5. The third-order valence-corrected chi connectivity index (χ3v) is 6.56. The molecule has 2 aromatic carbocycles. The van der Waals surface area contributed by atoms with Gasteiger partial charge in [-0.05, 0) is 37.5 Å². The number of nitrogens with two attached hydrogens (primary N) is 1. The van der Waals surface area contributed by atoms with Gasteiger partial charge in [0.05, 0.1) is 10.9 Å². The minimum Gasteiger partial charge on any atom is -0.383 e. The summed E-state index contributed by atoms with van der Waals surface area (Å²) in [6.45, 7) is 2.43. The molecule has 0 unspecified atom stereocenters. The number of hydrogen-bond donors (Lipinski definition) is 3. The average Bonchev–Trinajstić information content (AvgIpc) is 3.52. The second-order valence-electron chi connectivity index (χ2n) is 9.05. The molecule has 0 spiro atoms. The minimum atomic E-state index is -0.342. The Hall–Kier alpha value is -4.20. The summed E-state index contributed by atoms with van der Waals surface area (Å²) in [7, 11) is 0. The fraction of sp³-hybridized carbons (Fsp3) is 0.259. The van der Waals surface area contributed by atoms with Gasteiger partial charge in [-0.25, -0.2) is 14.8 Å². The van der Waals surface area contributed by atoms with Crippen LogP contribution in [0.15, 0.2) is 61.1 Å². The number of ketones is 1. The largest absolute Gasteiger partial charge is 0.383 e. The summed E-state index contributed by atoms with van der Waals surface area (Å²) in [6, 6.07) is 14.8. The van der Waals surface area contributed by atoms with Gasteiger partial charge in [0.2, 0.25) is 0 Å². The molecule has 1 aliphatic rings. The van der Waals surface area contributed by atoms with Gasteiger partial charge in [0.15, 0.2) is 5.78 Å². The Kier molecular flexibility index (Phi) is 6.18. The van der Waals surface area contributed by atoms with Crippen LogP contribution >= 0.6 is 0 Å². The SMILES string of the molecule is Cc1ccc(CNC(=O)Nc2cccc(C(=O)c3cn(C4CCCC4)c4ncnc(N)c34)c2)cc1. The van der Waals surface area contributed by atoms with Crippen molar-refractivity contribution in [2.75, 3.05) is 11.1 Å². The topological polar surface area (TPSA) is 115 Å². The Labute approximate surface area is 203 Å². The Bertz CT molecular complexity index is 1390. The van der Waals surface area contributed by atoms with Crippen LogP contribution in [0.4, 0.5) is 16.3 Å². The summed E-state index contributed by atoms with van der Waals surface area (Å²) >= 11 is 0. The van der Waals surface area contributed by atoms with E-state index in [0.29, 0.717) is 46.3 Å². The number of nitrogens with zero attached hydrogens (tertiary/aromatic N) is 3. The van der Waals surface area contributed by atoms with Crippen LogP contribution < -0.4 is 16.4 Å². The molecule has 1 fully saturated rings. The van der Waals surface area contributed by atoms with E-state index in [0.717, 1.165) is 31.2 Å². The van der Waals surface area contributed by atoms with E-state index in [2.05, 4.69) is 25.2 Å². The van der Waals surface area contributed by atoms with Crippen molar-refractivity contribution in [2.45, 2.75) is 45.2 Å². The number of carbonyl (C=O) groups is 2. The number of aryl methyl sites for hydroxylation is 1. The van der Waals surface area contributed by atoms with Crippen molar-refractivity contribution >= 4 is 34.4 Å². The van der Waals surface area contributed by atoms with Crippen molar-refractivity contribution in [1.29, 1.82) is 0 Å². The smallest absolute Gasteiger partial charge is 0.319 e.